The van der Waals surface area contributed by atoms with Crippen LogP contribution in [-0.4, -0.2) is 23.4 Å². The maximum atomic E-state index is 12.2. The Kier molecular flexibility index (Phi) is 6.25. The van der Waals surface area contributed by atoms with Crippen molar-refractivity contribution >= 4 is 22.8 Å². The zero-order chi connectivity index (χ0) is 17.3. The van der Waals surface area contributed by atoms with Crippen LogP contribution >= 0.6 is 0 Å². The van der Waals surface area contributed by atoms with Gasteiger partial charge in [0.2, 0.25) is 5.91 Å². The number of nitrogens with zero attached hydrogens (tertiary/aromatic N) is 1. The van der Waals surface area contributed by atoms with Gasteiger partial charge in [-0.05, 0) is 42.5 Å². The Hall–Kier alpha value is -1.43. The maximum absolute atomic E-state index is 12.2. The average Bonchev–Trinajstić information content (AvgIpc) is 3.32. The van der Waals surface area contributed by atoms with Gasteiger partial charge in [-0.25, -0.2) is 0 Å². The van der Waals surface area contributed by atoms with Crippen LogP contribution in [-0.2, 0) is 16.0 Å². The van der Waals surface area contributed by atoms with Crippen LogP contribution in [0.2, 0.25) is 0 Å². The number of pyridine rings is 1. The van der Waals surface area contributed by atoms with Crippen molar-refractivity contribution in [1.29, 1.82) is 0 Å². The number of carboxylic acid groups (broad SMARTS) is 1. The molecule has 2 atom stereocenters. The molecule has 1 aromatic heterocycles. The van der Waals surface area contributed by atoms with Crippen LogP contribution in [0.5, 0.6) is 0 Å². The molecule has 6 heteroatoms. The summed E-state index contributed by atoms with van der Waals surface area (Å²) in [6.45, 7) is 4.14. The predicted octanol–water partition coefficient (Wildman–Crippen LogP) is -1.69. The van der Waals surface area contributed by atoms with Gasteiger partial charge in [0, 0.05) is 35.4 Å². The fourth-order valence-corrected chi connectivity index (χ4v) is 3.44. The van der Waals surface area contributed by atoms with E-state index in [0.29, 0.717) is 19.4 Å². The van der Waals surface area contributed by atoms with E-state index in [0.717, 1.165) is 16.5 Å². The molecule has 1 aliphatic rings. The van der Waals surface area contributed by atoms with Crippen LogP contribution in [0.15, 0.2) is 36.5 Å². The van der Waals surface area contributed by atoms with E-state index in [4.69, 9.17) is 0 Å². The van der Waals surface area contributed by atoms with Crippen LogP contribution in [0.3, 0.4) is 0 Å². The summed E-state index contributed by atoms with van der Waals surface area (Å²) in [7, 11) is 0. The van der Waals surface area contributed by atoms with Crippen molar-refractivity contribution < 1.29 is 44.3 Å². The van der Waals surface area contributed by atoms with Gasteiger partial charge >= 0.3 is 29.6 Å². The molecule has 1 heterocycles. The number of hydrogen-bond donors (Lipinski definition) is 1. The minimum atomic E-state index is -1.11. The Morgan fingerprint density at radius 1 is 1.36 bits per heavy atom. The molecule has 1 aliphatic carbocycles. The molecule has 1 aromatic carbocycles. The van der Waals surface area contributed by atoms with Crippen molar-refractivity contribution in [3.05, 3.63) is 42.1 Å². The fourth-order valence-electron chi connectivity index (χ4n) is 3.44. The number of benzene rings is 1. The number of aromatic nitrogens is 1. The van der Waals surface area contributed by atoms with Gasteiger partial charge in [0.25, 0.3) is 0 Å². The van der Waals surface area contributed by atoms with Gasteiger partial charge in [0.05, 0.1) is 5.52 Å². The molecule has 2 aromatic rings. The Morgan fingerprint density at radius 2 is 2.12 bits per heavy atom. The van der Waals surface area contributed by atoms with Crippen LogP contribution in [0, 0.1) is 17.3 Å². The van der Waals surface area contributed by atoms with Crippen molar-refractivity contribution in [2.45, 2.75) is 26.7 Å². The van der Waals surface area contributed by atoms with Crippen LogP contribution < -0.4 is 40.0 Å². The third kappa shape index (κ3) is 3.89. The van der Waals surface area contributed by atoms with E-state index in [9.17, 15) is 14.7 Å². The SMILES string of the molecule is CC(C)C1(C(=O)[O-])CC1C(=O)NCCc1ccc2ncccc2c1.[Na+]. The molecule has 1 amide bonds. The topological polar surface area (TPSA) is 82.1 Å². The molecule has 0 saturated heterocycles. The average molecular weight is 348 g/mol. The first kappa shape index (κ1) is 19.9. The molecule has 1 N–H and O–H groups in total. The Balaban J connectivity index is 0.00000225. The predicted molar refractivity (Wildman–Crippen MR) is 88.8 cm³/mol. The first-order valence-corrected chi connectivity index (χ1v) is 8.28. The summed E-state index contributed by atoms with van der Waals surface area (Å²) in [5.74, 6) is -1.87. The first-order chi connectivity index (χ1) is 11.4. The van der Waals surface area contributed by atoms with E-state index in [2.05, 4.69) is 16.4 Å². The van der Waals surface area contributed by atoms with Gasteiger partial charge in [-0.3, -0.25) is 9.78 Å². The molecule has 25 heavy (non-hydrogen) atoms. The van der Waals surface area contributed by atoms with Gasteiger partial charge in [0.1, 0.15) is 0 Å². The smallest absolute Gasteiger partial charge is 0.550 e. The number of carbonyl (C=O) groups is 2. The monoisotopic (exact) mass is 348 g/mol. The summed E-state index contributed by atoms with van der Waals surface area (Å²) in [5, 5.41) is 15.3. The van der Waals surface area contributed by atoms with Crippen molar-refractivity contribution in [1.82, 2.24) is 10.3 Å². The van der Waals surface area contributed by atoms with Crippen LogP contribution in [0.25, 0.3) is 10.9 Å². The van der Waals surface area contributed by atoms with Crippen molar-refractivity contribution in [2.75, 3.05) is 6.54 Å². The quantitative estimate of drug-likeness (QED) is 0.632. The summed E-state index contributed by atoms with van der Waals surface area (Å²) in [4.78, 5) is 27.9. The molecule has 126 valence electrons. The number of amides is 1. The number of carboxylic acids is 1. The second-order valence-electron chi connectivity index (χ2n) is 6.81. The number of rotatable bonds is 6. The molecular weight excluding hydrogens is 327 g/mol. The minimum absolute atomic E-state index is 0. The van der Waals surface area contributed by atoms with Crippen molar-refractivity contribution in [2.24, 2.45) is 17.3 Å². The van der Waals surface area contributed by atoms with Crippen molar-refractivity contribution in [3.8, 4) is 0 Å². The summed E-state index contributed by atoms with van der Waals surface area (Å²) >= 11 is 0. The van der Waals surface area contributed by atoms with Gasteiger partial charge in [-0.1, -0.05) is 26.0 Å². The number of aliphatic carboxylic acids is 1. The summed E-state index contributed by atoms with van der Waals surface area (Å²) in [6.07, 6.45) is 2.83. The Morgan fingerprint density at radius 3 is 2.76 bits per heavy atom. The standard InChI is InChI=1S/C19H22N2O3.Na/c1-12(2)19(18(23)24)11-15(19)17(22)21-9-7-13-5-6-16-14(10-13)4-3-8-20-16;/h3-6,8,10,12,15H,7,9,11H2,1-2H3,(H,21,22)(H,23,24);/q;+1/p-1. The van der Waals surface area contributed by atoms with Crippen molar-refractivity contribution in [3.63, 3.8) is 0 Å². The number of fused-ring (bicyclic) bond motifs is 1. The molecule has 1 fully saturated rings. The number of hydrogen-bond acceptors (Lipinski definition) is 4. The summed E-state index contributed by atoms with van der Waals surface area (Å²) < 4.78 is 0. The van der Waals surface area contributed by atoms with Crippen LogP contribution in [0.1, 0.15) is 25.8 Å². The van der Waals surface area contributed by atoms with E-state index in [-0.39, 0.29) is 41.4 Å². The molecule has 0 aliphatic heterocycles. The number of nitrogens with one attached hydrogen (secondary N) is 1. The second-order valence-corrected chi connectivity index (χ2v) is 6.81. The molecule has 0 bridgehead atoms. The molecule has 1 saturated carbocycles. The van der Waals surface area contributed by atoms with Crippen LogP contribution in [0.4, 0.5) is 0 Å². The molecule has 2 unspecified atom stereocenters. The van der Waals surface area contributed by atoms with E-state index >= 15 is 0 Å². The Bertz CT molecular complexity index is 793. The summed E-state index contributed by atoms with van der Waals surface area (Å²) in [6, 6.07) is 9.93. The largest absolute Gasteiger partial charge is 1.00 e. The molecule has 0 radical (unpaired) electrons. The van der Waals surface area contributed by atoms with Gasteiger partial charge < -0.3 is 15.2 Å². The van der Waals surface area contributed by atoms with E-state index < -0.39 is 17.3 Å². The third-order valence-electron chi connectivity index (χ3n) is 5.11. The Labute approximate surface area is 169 Å². The molecule has 3 rings (SSSR count). The fraction of sp³-hybridized carbons (Fsp3) is 0.421. The number of carbonyl (C=O) groups excluding carboxylic acids is 2. The maximum Gasteiger partial charge on any atom is 1.00 e. The molecule has 5 nitrogen and oxygen atoms in total. The third-order valence-corrected chi connectivity index (χ3v) is 5.11. The summed E-state index contributed by atoms with van der Waals surface area (Å²) in [5.41, 5.74) is 1.07. The van der Waals surface area contributed by atoms with Gasteiger partial charge in [-0.15, -0.1) is 0 Å². The van der Waals surface area contributed by atoms with Gasteiger partial charge in [0.15, 0.2) is 0 Å². The zero-order valence-electron chi connectivity index (χ0n) is 14.9. The first-order valence-electron chi connectivity index (χ1n) is 8.28. The minimum Gasteiger partial charge on any atom is -0.550 e. The normalized spacial score (nSPS) is 21.6. The van der Waals surface area contributed by atoms with E-state index in [1.807, 2.05) is 38.1 Å². The zero-order valence-corrected chi connectivity index (χ0v) is 16.9. The second kappa shape index (κ2) is 7.85. The van der Waals surface area contributed by atoms with E-state index in [1.165, 1.54) is 0 Å². The molecule has 0 spiro atoms. The molecular formula is C19H21N2NaO3. The van der Waals surface area contributed by atoms with Gasteiger partial charge in [-0.2, -0.15) is 0 Å². The van der Waals surface area contributed by atoms with E-state index in [1.54, 1.807) is 6.20 Å².